The highest BCUT2D eigenvalue weighted by Gasteiger charge is 2.37. The highest BCUT2D eigenvalue weighted by molar-refractivity contribution is 7.91. The van der Waals surface area contributed by atoms with Crippen molar-refractivity contribution in [3.05, 3.63) is 34.9 Å². The maximum Gasteiger partial charge on any atom is 0.417 e. The summed E-state index contributed by atoms with van der Waals surface area (Å²) in [5.41, 5.74) is -0.530. The predicted octanol–water partition coefficient (Wildman–Crippen LogP) is 6.35. The normalized spacial score (nSPS) is 14.9. The largest absolute Gasteiger partial charge is 0.591 e. The fraction of sp³-hybridized carbons (Fsp3) is 0.591. The lowest BCUT2D eigenvalue weighted by Gasteiger charge is -2.35. The van der Waals surface area contributed by atoms with Crippen molar-refractivity contribution < 1.29 is 22.2 Å². The minimum atomic E-state index is -4.57. The smallest absolute Gasteiger partial charge is 0.417 e. The first-order valence-electron chi connectivity index (χ1n) is 9.68. The Hall–Kier alpha value is -1.27. The van der Waals surface area contributed by atoms with Crippen LogP contribution in [0.5, 0.6) is 0 Å². The molecule has 0 N–H and O–H groups in total. The molecule has 8 heteroatoms. The van der Waals surface area contributed by atoms with Crippen molar-refractivity contribution in [3.63, 3.8) is 0 Å². The molecule has 1 atom stereocenters. The van der Waals surface area contributed by atoms with Gasteiger partial charge in [-0.2, -0.15) is 13.2 Å². The fourth-order valence-corrected chi connectivity index (χ4v) is 3.58. The van der Waals surface area contributed by atoms with Gasteiger partial charge >= 0.3 is 6.18 Å². The Bertz CT molecular complexity index is 841. The number of benzene rings is 1. The molecule has 0 aliphatic rings. The van der Waals surface area contributed by atoms with Crippen molar-refractivity contribution in [2.45, 2.75) is 77.5 Å². The van der Waals surface area contributed by atoms with E-state index < -0.39 is 36.2 Å². The third-order valence-electron chi connectivity index (χ3n) is 5.03. The topological polar surface area (TPSA) is 44.7 Å². The minimum absolute atomic E-state index is 0.0238. The third kappa shape index (κ3) is 7.15. The van der Waals surface area contributed by atoms with Crippen LogP contribution in [0.1, 0.15) is 65.2 Å². The summed E-state index contributed by atoms with van der Waals surface area (Å²) in [6.45, 7) is 17.2. The molecule has 1 aromatic rings. The molecule has 0 fully saturated rings. The highest BCUT2D eigenvalue weighted by atomic mass is 32.2. The summed E-state index contributed by atoms with van der Waals surface area (Å²) in [7, 11) is -2.06. The number of halogens is 3. The van der Waals surface area contributed by atoms with Crippen LogP contribution in [-0.2, 0) is 22.0 Å². The monoisotopic (exact) mass is 459 g/mol. The van der Waals surface area contributed by atoms with Crippen molar-refractivity contribution in [1.82, 2.24) is 0 Å². The predicted molar refractivity (Wildman–Crippen MR) is 122 cm³/mol. The zero-order valence-corrected chi connectivity index (χ0v) is 21.1. The Morgan fingerprint density at radius 2 is 1.70 bits per heavy atom. The Kier molecular flexibility index (Phi) is 8.45. The molecule has 1 aromatic carbocycles. The van der Waals surface area contributed by atoms with Crippen molar-refractivity contribution in [3.8, 4) is 11.8 Å². The van der Waals surface area contributed by atoms with E-state index in [-0.39, 0.29) is 28.5 Å². The molecule has 168 valence electrons. The van der Waals surface area contributed by atoms with Gasteiger partial charge in [0.05, 0.1) is 17.9 Å². The van der Waals surface area contributed by atoms with Crippen LogP contribution in [0.15, 0.2) is 22.6 Å². The number of hydrogen-bond donors (Lipinski definition) is 0. The molecule has 30 heavy (non-hydrogen) atoms. The second-order valence-electron chi connectivity index (χ2n) is 9.61. The van der Waals surface area contributed by atoms with Gasteiger partial charge in [-0.15, -0.1) is 0 Å². The van der Waals surface area contributed by atoms with Crippen LogP contribution < -0.4 is 0 Å². The van der Waals surface area contributed by atoms with Gasteiger partial charge in [0, 0.05) is 11.1 Å². The van der Waals surface area contributed by atoms with Gasteiger partial charge in [-0.1, -0.05) is 49.1 Å². The van der Waals surface area contributed by atoms with Crippen LogP contribution in [-0.4, -0.2) is 29.9 Å². The highest BCUT2D eigenvalue weighted by Crippen LogP contribution is 2.36. The number of rotatable bonds is 4. The van der Waals surface area contributed by atoms with E-state index in [1.165, 1.54) is 12.1 Å². The number of hydrogen-bond acceptors (Lipinski definition) is 3. The molecule has 0 aliphatic heterocycles. The summed E-state index contributed by atoms with van der Waals surface area (Å²) in [6.07, 6.45) is -4.57. The quantitative estimate of drug-likeness (QED) is 0.228. The zero-order chi connectivity index (χ0) is 23.5. The van der Waals surface area contributed by atoms with E-state index in [2.05, 4.69) is 50.1 Å². The van der Waals surface area contributed by atoms with Crippen LogP contribution in [0.3, 0.4) is 0 Å². The Morgan fingerprint density at radius 3 is 2.17 bits per heavy atom. The van der Waals surface area contributed by atoms with E-state index in [0.29, 0.717) is 0 Å². The molecule has 0 bridgehead atoms. The maximum absolute atomic E-state index is 13.6. The van der Waals surface area contributed by atoms with Gasteiger partial charge in [-0.05, 0) is 51.9 Å². The van der Waals surface area contributed by atoms with Crippen LogP contribution >= 0.6 is 0 Å². The standard InChI is InChI=1S/C22H32F3NO2SSi/c1-16(26-29(27)20(2,3)4)17-12-10-14-19(22(23,24)25)18(17)13-11-15-28-30(8,9)21(5,6)7/h10,12,14H,15H2,1-9H3/b26-16+/t29-/m0/s1. The molecule has 3 nitrogen and oxygen atoms in total. The lowest BCUT2D eigenvalue weighted by molar-refractivity contribution is -0.137. The summed E-state index contributed by atoms with van der Waals surface area (Å²) >= 11 is -1.59. The molecular formula is C22H32F3NO2SSi. The van der Waals surface area contributed by atoms with E-state index in [4.69, 9.17) is 4.43 Å². The van der Waals surface area contributed by atoms with Crippen LogP contribution in [0.4, 0.5) is 13.2 Å². The third-order valence-corrected chi connectivity index (χ3v) is 11.0. The van der Waals surface area contributed by atoms with E-state index in [1.54, 1.807) is 27.7 Å². The molecule has 0 saturated carbocycles. The van der Waals surface area contributed by atoms with Gasteiger partial charge in [0.2, 0.25) is 0 Å². The van der Waals surface area contributed by atoms with Gasteiger partial charge in [-0.3, -0.25) is 0 Å². The first-order valence-corrected chi connectivity index (χ1v) is 13.7. The average molecular weight is 460 g/mol. The van der Waals surface area contributed by atoms with E-state index in [1.807, 2.05) is 0 Å². The molecule has 0 unspecified atom stereocenters. The SMILES string of the molecule is C/C(=N\[S@@+]([O-])C(C)(C)C)c1cccc(C(F)(F)F)c1C#CCO[Si](C)(C)C(C)(C)C. The Labute approximate surface area is 183 Å². The minimum Gasteiger partial charge on any atom is -0.591 e. The van der Waals surface area contributed by atoms with Crippen molar-refractivity contribution in [1.29, 1.82) is 0 Å². The zero-order valence-electron chi connectivity index (χ0n) is 19.2. The molecule has 0 aromatic heterocycles. The summed E-state index contributed by atoms with van der Waals surface area (Å²) in [6, 6.07) is 3.83. The van der Waals surface area contributed by atoms with Crippen LogP contribution in [0, 0.1) is 11.8 Å². The van der Waals surface area contributed by atoms with Crippen LogP contribution in [0.25, 0.3) is 0 Å². The van der Waals surface area contributed by atoms with Gasteiger partial charge in [0.25, 0.3) is 0 Å². The first kappa shape index (κ1) is 26.8. The molecule has 0 amide bonds. The summed E-state index contributed by atoms with van der Waals surface area (Å²) < 4.78 is 62.6. The second-order valence-corrected chi connectivity index (χ2v) is 16.3. The van der Waals surface area contributed by atoms with Crippen LogP contribution in [0.2, 0.25) is 18.1 Å². The summed E-state index contributed by atoms with van der Waals surface area (Å²) in [5, 5.41) is -0.0238. The molecular weight excluding hydrogens is 427 g/mol. The van der Waals surface area contributed by atoms with Gasteiger partial charge < -0.3 is 8.98 Å². The summed E-state index contributed by atoms with van der Waals surface area (Å²) in [4.78, 5) is 0. The number of nitrogens with zero attached hydrogens (tertiary/aromatic N) is 1. The Morgan fingerprint density at radius 1 is 1.13 bits per heavy atom. The second kappa shape index (κ2) is 9.47. The molecule has 1 rings (SSSR count). The van der Waals surface area contributed by atoms with Crippen molar-refractivity contribution >= 4 is 25.4 Å². The van der Waals surface area contributed by atoms with Gasteiger partial charge in [0.15, 0.2) is 8.32 Å². The molecule has 0 aliphatic carbocycles. The van der Waals surface area contributed by atoms with Crippen molar-refractivity contribution in [2.75, 3.05) is 6.61 Å². The Balaban J connectivity index is 3.39. The molecule has 0 heterocycles. The lowest BCUT2D eigenvalue weighted by atomic mass is 9.98. The fourth-order valence-electron chi connectivity index (χ4n) is 2.09. The lowest BCUT2D eigenvalue weighted by Crippen LogP contribution is -2.40. The molecule has 0 spiro atoms. The van der Waals surface area contributed by atoms with Crippen molar-refractivity contribution in [2.24, 2.45) is 4.40 Å². The number of alkyl halides is 3. The van der Waals surface area contributed by atoms with E-state index in [9.17, 15) is 17.7 Å². The maximum atomic E-state index is 13.6. The molecule has 0 radical (unpaired) electrons. The van der Waals surface area contributed by atoms with E-state index in [0.717, 1.165) is 6.07 Å². The van der Waals surface area contributed by atoms with Gasteiger partial charge in [0.1, 0.15) is 16.1 Å². The molecule has 0 saturated heterocycles. The van der Waals surface area contributed by atoms with E-state index >= 15 is 0 Å². The average Bonchev–Trinajstić information content (AvgIpc) is 2.55. The first-order chi connectivity index (χ1) is 13.4. The summed E-state index contributed by atoms with van der Waals surface area (Å²) in [5.74, 6) is 5.41. The van der Waals surface area contributed by atoms with Gasteiger partial charge in [-0.25, -0.2) is 0 Å².